The molecule has 1 fully saturated rings. The second-order valence-electron chi connectivity index (χ2n) is 6.23. The lowest BCUT2D eigenvalue weighted by Gasteiger charge is -2.24. The molecule has 26 heavy (non-hydrogen) atoms. The molecule has 0 bridgehead atoms. The van der Waals surface area contributed by atoms with Crippen LogP contribution in [0, 0.1) is 12.3 Å². The Morgan fingerprint density at radius 2 is 2.31 bits per heavy atom. The highest BCUT2D eigenvalue weighted by Gasteiger charge is 2.34. The molecule has 11 heteroatoms. The minimum atomic E-state index is -3.75. The number of sulfonamides is 1. The fraction of sp³-hybridized carbons (Fsp3) is 0.600. The van der Waals surface area contributed by atoms with Gasteiger partial charge in [0.15, 0.2) is 0 Å². The first-order valence-electron chi connectivity index (χ1n) is 8.22. The van der Waals surface area contributed by atoms with Gasteiger partial charge in [-0.05, 0) is 19.3 Å². The molecule has 0 aromatic carbocycles. The number of hydrogen-bond acceptors (Lipinski definition) is 7. The molecule has 2 unspecified atom stereocenters. The summed E-state index contributed by atoms with van der Waals surface area (Å²) in [7, 11) is -3.75. The normalized spacial score (nSPS) is 23.2. The van der Waals surface area contributed by atoms with Gasteiger partial charge >= 0.3 is 0 Å². The zero-order valence-corrected chi connectivity index (χ0v) is 16.0. The lowest BCUT2D eigenvalue weighted by atomic mass is 10.0. The summed E-state index contributed by atoms with van der Waals surface area (Å²) < 4.78 is 26.3. The van der Waals surface area contributed by atoms with E-state index in [0.717, 1.165) is 11.3 Å². The molecular weight excluding hydrogens is 380 g/mol. The second-order valence-corrected chi connectivity index (χ2v) is 9.24. The number of rotatable bonds is 7. The van der Waals surface area contributed by atoms with E-state index in [2.05, 4.69) is 10.3 Å². The largest absolute Gasteiger partial charge is 0.390 e. The Balaban J connectivity index is 1.94. The molecule has 0 spiro atoms. The lowest BCUT2D eigenvalue weighted by molar-refractivity contribution is -0.121. The van der Waals surface area contributed by atoms with Crippen LogP contribution in [0.25, 0.3) is 0 Å². The van der Waals surface area contributed by atoms with E-state index in [1.54, 1.807) is 12.3 Å². The standard InChI is InChI=1S/C15H23N4O5S2/c1-10(14(16)22)4-5-13(21)18-11-3-2-7-19(9-12(11)20)26(23,24)15-17-6-8-25-15/h5-6,8,10-12,20H,2-4,7,9H2,1H3,(H2,16,22)(H,18,21)/t10?,11?,12-/m0/s1. The van der Waals surface area contributed by atoms with Crippen LogP contribution < -0.4 is 11.1 Å². The number of amides is 2. The summed E-state index contributed by atoms with van der Waals surface area (Å²) in [6.07, 6.45) is 2.82. The summed E-state index contributed by atoms with van der Waals surface area (Å²) in [6.45, 7) is 1.74. The Morgan fingerprint density at radius 1 is 1.58 bits per heavy atom. The van der Waals surface area contributed by atoms with Crippen molar-refractivity contribution in [2.75, 3.05) is 13.1 Å². The van der Waals surface area contributed by atoms with Crippen LogP contribution in [0.5, 0.6) is 0 Å². The van der Waals surface area contributed by atoms with Gasteiger partial charge in [0.2, 0.25) is 16.2 Å². The molecular formula is C15H23N4O5S2. The summed E-state index contributed by atoms with van der Waals surface area (Å²) in [6, 6.07) is -0.570. The maximum Gasteiger partial charge on any atom is 0.270 e. The number of carbonyl (C=O) groups is 2. The maximum absolute atomic E-state index is 12.5. The highest BCUT2D eigenvalue weighted by molar-refractivity contribution is 7.91. The van der Waals surface area contributed by atoms with Crippen LogP contribution in [0.3, 0.4) is 0 Å². The van der Waals surface area contributed by atoms with Gasteiger partial charge in [-0.1, -0.05) is 6.92 Å². The average molecular weight is 404 g/mol. The monoisotopic (exact) mass is 403 g/mol. The number of β-amino-alcohol motifs (C(OH)–C–C–N with tert-alkyl or cyclic N) is 1. The zero-order valence-electron chi connectivity index (χ0n) is 14.4. The third-order valence-electron chi connectivity index (χ3n) is 4.22. The Bertz CT molecular complexity index is 722. The van der Waals surface area contributed by atoms with Crippen molar-refractivity contribution >= 4 is 33.2 Å². The van der Waals surface area contributed by atoms with Crippen molar-refractivity contribution < 1.29 is 23.1 Å². The van der Waals surface area contributed by atoms with Crippen LogP contribution in [0.4, 0.5) is 0 Å². The van der Waals surface area contributed by atoms with Crippen molar-refractivity contribution in [2.24, 2.45) is 11.7 Å². The quantitative estimate of drug-likeness (QED) is 0.559. The fourth-order valence-corrected chi connectivity index (χ4v) is 5.05. The first-order valence-corrected chi connectivity index (χ1v) is 10.5. The molecule has 2 heterocycles. The summed E-state index contributed by atoms with van der Waals surface area (Å²) >= 11 is 1.02. The van der Waals surface area contributed by atoms with Crippen LogP contribution >= 0.6 is 11.3 Å². The molecule has 2 amide bonds. The molecule has 3 atom stereocenters. The zero-order chi connectivity index (χ0) is 19.3. The predicted octanol–water partition coefficient (Wildman–Crippen LogP) is -0.511. The van der Waals surface area contributed by atoms with E-state index >= 15 is 0 Å². The summed E-state index contributed by atoms with van der Waals surface area (Å²) in [5.41, 5.74) is 5.15. The van der Waals surface area contributed by atoms with E-state index in [0.29, 0.717) is 12.8 Å². The van der Waals surface area contributed by atoms with E-state index in [-0.39, 0.29) is 23.8 Å². The summed E-state index contributed by atoms with van der Waals surface area (Å²) in [5.74, 6) is -1.37. The topological polar surface area (TPSA) is 143 Å². The van der Waals surface area contributed by atoms with Gasteiger partial charge in [0.25, 0.3) is 10.0 Å². The molecule has 9 nitrogen and oxygen atoms in total. The summed E-state index contributed by atoms with van der Waals surface area (Å²) in [4.78, 5) is 26.8. The van der Waals surface area contributed by atoms with Crippen LogP contribution in [0.1, 0.15) is 26.2 Å². The predicted molar refractivity (Wildman–Crippen MR) is 95.3 cm³/mol. The molecule has 1 aliphatic rings. The molecule has 4 N–H and O–H groups in total. The Morgan fingerprint density at radius 3 is 2.92 bits per heavy atom. The molecule has 0 saturated carbocycles. The molecule has 1 radical (unpaired) electrons. The average Bonchev–Trinajstić information content (AvgIpc) is 3.06. The van der Waals surface area contributed by atoms with Gasteiger partial charge in [0.1, 0.15) is 0 Å². The number of nitrogens with two attached hydrogens (primary N) is 1. The number of aromatic nitrogens is 1. The van der Waals surface area contributed by atoms with E-state index < -0.39 is 39.9 Å². The Labute approximate surface area is 156 Å². The smallest absolute Gasteiger partial charge is 0.270 e. The molecule has 145 valence electrons. The number of aliphatic hydroxyl groups is 1. The number of primary amides is 1. The SMILES string of the molecule is CC(C[CH]C(=O)NC1CCCN(S(=O)(=O)c2nccs2)C[C@@H]1O)C(N)=O. The van der Waals surface area contributed by atoms with Gasteiger partial charge in [0.05, 0.1) is 18.6 Å². The van der Waals surface area contributed by atoms with Gasteiger partial charge < -0.3 is 16.2 Å². The molecule has 2 rings (SSSR count). The van der Waals surface area contributed by atoms with Crippen molar-refractivity contribution in [1.29, 1.82) is 0 Å². The van der Waals surface area contributed by atoms with Gasteiger partial charge in [-0.2, -0.15) is 4.31 Å². The molecule has 1 aliphatic heterocycles. The lowest BCUT2D eigenvalue weighted by Crippen LogP contribution is -2.47. The van der Waals surface area contributed by atoms with Gasteiger partial charge in [0, 0.05) is 30.6 Å². The number of nitrogens with zero attached hydrogens (tertiary/aromatic N) is 2. The van der Waals surface area contributed by atoms with Crippen molar-refractivity contribution in [3.63, 3.8) is 0 Å². The molecule has 1 saturated heterocycles. The van der Waals surface area contributed by atoms with Gasteiger partial charge in [-0.3, -0.25) is 9.59 Å². The highest BCUT2D eigenvalue weighted by Crippen LogP contribution is 2.22. The van der Waals surface area contributed by atoms with E-state index in [1.807, 2.05) is 0 Å². The van der Waals surface area contributed by atoms with E-state index in [4.69, 9.17) is 5.73 Å². The minimum absolute atomic E-state index is 0.0130. The van der Waals surface area contributed by atoms with Crippen LogP contribution in [-0.2, 0) is 19.6 Å². The number of hydrogen-bond donors (Lipinski definition) is 3. The number of aliphatic hydroxyl groups excluding tert-OH is 1. The van der Waals surface area contributed by atoms with E-state index in [1.165, 1.54) is 16.9 Å². The van der Waals surface area contributed by atoms with Gasteiger partial charge in [-0.15, -0.1) is 11.3 Å². The molecule has 1 aromatic rings. The van der Waals surface area contributed by atoms with Crippen molar-refractivity contribution in [3.8, 4) is 0 Å². The van der Waals surface area contributed by atoms with Gasteiger partial charge in [-0.25, -0.2) is 13.4 Å². The number of nitrogens with one attached hydrogen (secondary N) is 1. The third-order valence-corrected chi connectivity index (χ3v) is 7.26. The van der Waals surface area contributed by atoms with Crippen LogP contribution in [0.15, 0.2) is 15.9 Å². The van der Waals surface area contributed by atoms with Crippen LogP contribution in [-0.4, -0.2) is 59.9 Å². The molecule has 1 aromatic heterocycles. The van der Waals surface area contributed by atoms with Crippen molar-refractivity contribution in [1.82, 2.24) is 14.6 Å². The van der Waals surface area contributed by atoms with E-state index in [9.17, 15) is 23.1 Å². The number of thiazole rings is 1. The highest BCUT2D eigenvalue weighted by atomic mass is 32.2. The second kappa shape index (κ2) is 8.89. The van der Waals surface area contributed by atoms with Crippen molar-refractivity contribution in [3.05, 3.63) is 18.0 Å². The van der Waals surface area contributed by atoms with Crippen molar-refractivity contribution in [2.45, 2.75) is 42.7 Å². The first-order chi connectivity index (χ1) is 12.2. The first kappa shape index (κ1) is 20.7. The minimum Gasteiger partial charge on any atom is -0.390 e. The Kier molecular flexibility index (Phi) is 7.09. The third kappa shape index (κ3) is 5.22. The van der Waals surface area contributed by atoms with Crippen LogP contribution in [0.2, 0.25) is 0 Å². The maximum atomic E-state index is 12.5. The summed E-state index contributed by atoms with van der Waals surface area (Å²) in [5, 5.41) is 14.6. The molecule has 0 aliphatic carbocycles. The Hall–Kier alpha value is -1.56. The fourth-order valence-electron chi connectivity index (χ4n) is 2.58. The number of carbonyl (C=O) groups excluding carboxylic acids is 2.